The molecule has 0 saturated carbocycles. The molecule has 0 fully saturated rings. The number of ether oxygens (including phenoxy) is 2. The van der Waals surface area contributed by atoms with E-state index in [4.69, 9.17) is 15.2 Å². The lowest BCUT2D eigenvalue weighted by atomic mass is 9.68. The fraction of sp³-hybridized carbons (Fsp3) is 0.259. The number of carbonyl (C=O) groups is 2. The van der Waals surface area contributed by atoms with Crippen LogP contribution in [-0.4, -0.2) is 34.6 Å². The Balaban J connectivity index is 1.90. The van der Waals surface area contributed by atoms with Gasteiger partial charge >= 0.3 is 5.97 Å². The SMILES string of the molecule is COC(=O)C1=C(N)Oc2cc(C)n(Cc3cccnc3)c(=O)c2C12C(=O)N(C(C)C)c1ccccc12. The minimum Gasteiger partial charge on any atom is -0.465 e. The number of nitrogens with two attached hydrogens (primary N) is 1. The van der Waals surface area contributed by atoms with Gasteiger partial charge in [0.25, 0.3) is 5.56 Å². The number of rotatable bonds is 4. The van der Waals surface area contributed by atoms with Gasteiger partial charge in [0.1, 0.15) is 16.7 Å². The molecule has 1 atom stereocenters. The van der Waals surface area contributed by atoms with Gasteiger partial charge in [-0.15, -0.1) is 0 Å². The molecule has 4 heterocycles. The molecule has 0 radical (unpaired) electrons. The van der Waals surface area contributed by atoms with Gasteiger partial charge in [0.2, 0.25) is 11.8 Å². The molecule has 0 aliphatic carbocycles. The first kappa shape index (κ1) is 23.3. The van der Waals surface area contributed by atoms with Gasteiger partial charge in [-0.1, -0.05) is 24.3 Å². The fourth-order valence-electron chi connectivity index (χ4n) is 5.27. The average Bonchev–Trinajstić information content (AvgIpc) is 3.10. The summed E-state index contributed by atoms with van der Waals surface area (Å²) < 4.78 is 12.5. The van der Waals surface area contributed by atoms with Crippen molar-refractivity contribution >= 4 is 17.6 Å². The predicted octanol–water partition coefficient (Wildman–Crippen LogP) is 2.38. The molecule has 184 valence electrons. The van der Waals surface area contributed by atoms with E-state index in [0.29, 0.717) is 16.9 Å². The van der Waals surface area contributed by atoms with E-state index in [1.165, 1.54) is 7.11 Å². The zero-order valence-corrected chi connectivity index (χ0v) is 20.4. The van der Waals surface area contributed by atoms with Crippen molar-refractivity contribution in [2.45, 2.75) is 38.8 Å². The first-order valence-corrected chi connectivity index (χ1v) is 11.6. The molecular formula is C27H26N4O5. The molecule has 2 aliphatic heterocycles. The van der Waals surface area contributed by atoms with Gasteiger partial charge in [0.15, 0.2) is 0 Å². The van der Waals surface area contributed by atoms with Crippen LogP contribution in [0.5, 0.6) is 5.75 Å². The molecule has 3 aromatic rings. The van der Waals surface area contributed by atoms with Gasteiger partial charge < -0.3 is 24.7 Å². The Labute approximate surface area is 207 Å². The topological polar surface area (TPSA) is 117 Å². The van der Waals surface area contributed by atoms with Gasteiger partial charge in [-0.3, -0.25) is 14.6 Å². The van der Waals surface area contributed by atoms with Crippen LogP contribution in [0.3, 0.4) is 0 Å². The second-order valence-corrected chi connectivity index (χ2v) is 9.15. The first-order valence-electron chi connectivity index (χ1n) is 11.6. The Morgan fingerprint density at radius 2 is 1.94 bits per heavy atom. The second kappa shape index (κ2) is 8.37. The molecule has 2 N–H and O–H groups in total. The standard InChI is InChI=1S/C27H26N4O5/c1-15(2)31-19-10-6-5-9-18(19)27(26(31)34)21-20(36-23(28)22(27)25(33)35-4)12-16(3)30(24(21)32)14-17-8-7-11-29-13-17/h5-13,15H,14,28H2,1-4H3. The van der Waals surface area contributed by atoms with Crippen LogP contribution < -0.4 is 20.9 Å². The van der Waals surface area contributed by atoms with Crippen molar-refractivity contribution in [2.75, 3.05) is 12.0 Å². The first-order chi connectivity index (χ1) is 17.2. The zero-order valence-electron chi connectivity index (χ0n) is 20.4. The molecule has 1 spiro atoms. The van der Waals surface area contributed by atoms with E-state index in [2.05, 4.69) is 4.98 Å². The predicted molar refractivity (Wildman–Crippen MR) is 132 cm³/mol. The highest BCUT2D eigenvalue weighted by Gasteiger charge is 2.62. The highest BCUT2D eigenvalue weighted by molar-refractivity contribution is 6.18. The third kappa shape index (κ3) is 3.08. The third-order valence-corrected chi connectivity index (χ3v) is 6.76. The molecule has 9 nitrogen and oxygen atoms in total. The molecule has 36 heavy (non-hydrogen) atoms. The van der Waals surface area contributed by atoms with Crippen LogP contribution in [0.2, 0.25) is 0 Å². The van der Waals surface area contributed by atoms with Gasteiger partial charge in [0.05, 0.1) is 19.2 Å². The van der Waals surface area contributed by atoms with Crippen LogP contribution in [0.4, 0.5) is 5.69 Å². The number of methoxy groups -OCH3 is 1. The summed E-state index contributed by atoms with van der Waals surface area (Å²) >= 11 is 0. The lowest BCUT2D eigenvalue weighted by molar-refractivity contribution is -0.138. The third-order valence-electron chi connectivity index (χ3n) is 6.76. The summed E-state index contributed by atoms with van der Waals surface area (Å²) in [6, 6.07) is 12.2. The largest absolute Gasteiger partial charge is 0.465 e. The monoisotopic (exact) mass is 486 g/mol. The maximum Gasteiger partial charge on any atom is 0.340 e. The number of benzene rings is 1. The highest BCUT2D eigenvalue weighted by Crippen LogP contribution is 2.55. The number of esters is 1. The van der Waals surface area contributed by atoms with Crippen LogP contribution in [-0.2, 0) is 26.3 Å². The molecule has 1 aromatic carbocycles. The van der Waals surface area contributed by atoms with Crippen molar-refractivity contribution in [2.24, 2.45) is 5.73 Å². The molecule has 5 rings (SSSR count). The van der Waals surface area contributed by atoms with Crippen LogP contribution in [0.15, 0.2) is 71.1 Å². The van der Waals surface area contributed by atoms with Crippen LogP contribution in [0, 0.1) is 6.92 Å². The van der Waals surface area contributed by atoms with Gasteiger partial charge in [-0.05, 0) is 38.5 Å². The summed E-state index contributed by atoms with van der Waals surface area (Å²) in [7, 11) is 1.20. The van der Waals surface area contributed by atoms with Crippen molar-refractivity contribution in [1.29, 1.82) is 0 Å². The highest BCUT2D eigenvalue weighted by atomic mass is 16.5. The van der Waals surface area contributed by atoms with Crippen LogP contribution >= 0.6 is 0 Å². The minimum absolute atomic E-state index is 0.0344. The lowest BCUT2D eigenvalue weighted by Crippen LogP contribution is -2.53. The van der Waals surface area contributed by atoms with E-state index >= 15 is 0 Å². The number of anilines is 1. The number of fused-ring (bicyclic) bond motifs is 4. The number of aromatic nitrogens is 2. The molecule has 2 aromatic heterocycles. The molecule has 1 amide bonds. The van der Waals surface area contributed by atoms with E-state index < -0.39 is 22.9 Å². The zero-order chi connectivity index (χ0) is 25.8. The maximum atomic E-state index is 14.4. The fourth-order valence-corrected chi connectivity index (χ4v) is 5.27. The molecule has 1 unspecified atom stereocenters. The molecular weight excluding hydrogens is 460 g/mol. The number of hydrogen-bond donors (Lipinski definition) is 1. The van der Waals surface area contributed by atoms with E-state index in [-0.39, 0.29) is 35.4 Å². The number of amides is 1. The van der Waals surface area contributed by atoms with Gasteiger partial charge in [-0.25, -0.2) is 4.79 Å². The smallest absolute Gasteiger partial charge is 0.340 e. The summed E-state index contributed by atoms with van der Waals surface area (Å²) in [5, 5.41) is 0. The Morgan fingerprint density at radius 1 is 1.19 bits per heavy atom. The Morgan fingerprint density at radius 3 is 2.61 bits per heavy atom. The number of aryl methyl sites for hydroxylation is 1. The van der Waals surface area contributed by atoms with E-state index in [1.807, 2.05) is 26.0 Å². The quantitative estimate of drug-likeness (QED) is 0.563. The minimum atomic E-state index is -1.83. The Kier molecular flexibility index (Phi) is 5.43. The van der Waals surface area contributed by atoms with Crippen molar-refractivity contribution in [3.05, 3.63) is 99.1 Å². The van der Waals surface area contributed by atoms with Gasteiger partial charge in [0, 0.05) is 41.4 Å². The average molecular weight is 487 g/mol. The number of hydrogen-bond acceptors (Lipinski definition) is 7. The maximum absolute atomic E-state index is 14.4. The van der Waals surface area contributed by atoms with Crippen molar-refractivity contribution in [1.82, 2.24) is 9.55 Å². The lowest BCUT2D eigenvalue weighted by Gasteiger charge is -2.36. The molecule has 0 saturated heterocycles. The van der Waals surface area contributed by atoms with E-state index in [9.17, 15) is 14.4 Å². The number of carbonyl (C=O) groups excluding carboxylic acids is 2. The Hall–Kier alpha value is -4.40. The summed E-state index contributed by atoms with van der Waals surface area (Å²) in [6.07, 6.45) is 3.32. The summed E-state index contributed by atoms with van der Waals surface area (Å²) in [4.78, 5) is 47.6. The van der Waals surface area contributed by atoms with Crippen LogP contribution in [0.25, 0.3) is 0 Å². The molecule has 9 heteroatoms. The van der Waals surface area contributed by atoms with Gasteiger partial charge in [-0.2, -0.15) is 0 Å². The Bertz CT molecular complexity index is 1490. The normalized spacial score (nSPS) is 18.4. The molecule has 0 bridgehead atoms. The summed E-state index contributed by atoms with van der Waals surface area (Å²) in [5.41, 5.74) is 6.32. The number of nitrogens with zero attached hydrogens (tertiary/aromatic N) is 3. The van der Waals surface area contributed by atoms with E-state index in [0.717, 1.165) is 5.56 Å². The van der Waals surface area contributed by atoms with E-state index in [1.54, 1.807) is 59.1 Å². The molecule has 2 aliphatic rings. The number of pyridine rings is 2. The summed E-state index contributed by atoms with van der Waals surface area (Å²) in [6.45, 7) is 5.73. The van der Waals surface area contributed by atoms with Crippen molar-refractivity contribution < 1.29 is 19.1 Å². The number of para-hydroxylation sites is 1. The van der Waals surface area contributed by atoms with Crippen molar-refractivity contribution in [3.8, 4) is 5.75 Å². The van der Waals surface area contributed by atoms with Crippen molar-refractivity contribution in [3.63, 3.8) is 0 Å². The van der Waals surface area contributed by atoms with Crippen LogP contribution in [0.1, 0.15) is 36.2 Å². The second-order valence-electron chi connectivity index (χ2n) is 9.15. The summed E-state index contributed by atoms with van der Waals surface area (Å²) in [5.74, 6) is -1.43.